The van der Waals surface area contributed by atoms with Crippen LogP contribution in [0.5, 0.6) is 0 Å². The largest absolute Gasteiger partial charge is 0.410 e. The molecule has 3 heteroatoms. The summed E-state index contributed by atoms with van der Waals surface area (Å²) >= 11 is 0. The van der Waals surface area contributed by atoms with Gasteiger partial charge < -0.3 is 5.21 Å². The summed E-state index contributed by atoms with van der Waals surface area (Å²) in [5.74, 6) is 0. The van der Waals surface area contributed by atoms with Crippen molar-refractivity contribution in [1.29, 1.82) is 0 Å². The summed E-state index contributed by atoms with van der Waals surface area (Å²) in [5.41, 5.74) is 6.00. The lowest BCUT2D eigenvalue weighted by atomic mass is 9.93. The van der Waals surface area contributed by atoms with Crippen molar-refractivity contribution >= 4 is 5.71 Å². The van der Waals surface area contributed by atoms with Crippen molar-refractivity contribution in [3.63, 3.8) is 0 Å². The van der Waals surface area contributed by atoms with Crippen molar-refractivity contribution in [2.24, 2.45) is 5.16 Å². The molecule has 0 spiro atoms. The van der Waals surface area contributed by atoms with Gasteiger partial charge >= 0.3 is 0 Å². The smallest absolute Gasteiger partial charge is 0.118 e. The van der Waals surface area contributed by atoms with Crippen LogP contribution in [0.15, 0.2) is 78.2 Å². The molecule has 1 heterocycles. The molecular formula is C21H20N2O. The highest BCUT2D eigenvalue weighted by Gasteiger charge is 2.13. The van der Waals surface area contributed by atoms with Gasteiger partial charge in [0, 0.05) is 23.5 Å². The maximum Gasteiger partial charge on any atom is 0.118 e. The van der Waals surface area contributed by atoms with Crippen molar-refractivity contribution < 1.29 is 5.21 Å². The quantitative estimate of drug-likeness (QED) is 0.431. The van der Waals surface area contributed by atoms with E-state index in [9.17, 15) is 5.21 Å². The molecule has 0 aliphatic carbocycles. The highest BCUT2D eigenvalue weighted by Crippen LogP contribution is 2.19. The Morgan fingerprint density at radius 2 is 1.83 bits per heavy atom. The van der Waals surface area contributed by atoms with Crippen molar-refractivity contribution in [3.8, 4) is 0 Å². The van der Waals surface area contributed by atoms with Crippen LogP contribution in [0, 0.1) is 6.92 Å². The third kappa shape index (κ3) is 3.69. The molecule has 1 N–H and O–H groups in total. The van der Waals surface area contributed by atoms with Gasteiger partial charge in [-0.05, 0) is 43.0 Å². The molecule has 0 unspecified atom stereocenters. The molecular weight excluding hydrogens is 296 g/mol. The Balaban J connectivity index is 1.93. The van der Waals surface area contributed by atoms with Crippen LogP contribution in [0.1, 0.15) is 27.8 Å². The van der Waals surface area contributed by atoms with Gasteiger partial charge in [-0.2, -0.15) is 0 Å². The van der Waals surface area contributed by atoms with E-state index in [1.54, 1.807) is 12.4 Å². The van der Waals surface area contributed by atoms with Crippen molar-refractivity contribution in [2.45, 2.75) is 19.8 Å². The summed E-state index contributed by atoms with van der Waals surface area (Å²) in [7, 11) is 0. The highest BCUT2D eigenvalue weighted by atomic mass is 16.4. The van der Waals surface area contributed by atoms with E-state index < -0.39 is 0 Å². The van der Waals surface area contributed by atoms with Crippen molar-refractivity contribution in [3.05, 3.63) is 101 Å². The maximum absolute atomic E-state index is 9.57. The second kappa shape index (κ2) is 7.55. The minimum atomic E-state index is 0.561. The summed E-state index contributed by atoms with van der Waals surface area (Å²) in [6.07, 6.45) is 5.27. The van der Waals surface area contributed by atoms with E-state index in [-0.39, 0.29) is 0 Å². The zero-order valence-corrected chi connectivity index (χ0v) is 13.7. The number of nitrogens with zero attached hydrogens (tertiary/aromatic N) is 2. The fourth-order valence-corrected chi connectivity index (χ4v) is 2.85. The number of aromatic nitrogens is 1. The van der Waals surface area contributed by atoms with Crippen LogP contribution in [-0.4, -0.2) is 15.9 Å². The van der Waals surface area contributed by atoms with Gasteiger partial charge in [0.1, 0.15) is 5.71 Å². The predicted molar refractivity (Wildman–Crippen MR) is 96.7 cm³/mol. The van der Waals surface area contributed by atoms with Gasteiger partial charge in [0.05, 0.1) is 0 Å². The first-order chi connectivity index (χ1) is 11.8. The monoisotopic (exact) mass is 316 g/mol. The molecule has 0 fully saturated rings. The molecule has 3 nitrogen and oxygen atoms in total. The van der Waals surface area contributed by atoms with Crippen LogP contribution >= 0.6 is 0 Å². The number of hydrogen-bond acceptors (Lipinski definition) is 3. The van der Waals surface area contributed by atoms with Gasteiger partial charge in [0.15, 0.2) is 0 Å². The van der Waals surface area contributed by atoms with Crippen LogP contribution in [-0.2, 0) is 12.8 Å². The highest BCUT2D eigenvalue weighted by molar-refractivity contribution is 6.13. The Morgan fingerprint density at radius 1 is 1.00 bits per heavy atom. The second-order valence-electron chi connectivity index (χ2n) is 5.84. The first kappa shape index (κ1) is 15.9. The van der Waals surface area contributed by atoms with Crippen molar-refractivity contribution in [2.75, 3.05) is 0 Å². The third-order valence-electron chi connectivity index (χ3n) is 4.08. The minimum Gasteiger partial charge on any atom is -0.410 e. The molecule has 2 aromatic carbocycles. The number of benzene rings is 2. The van der Waals surface area contributed by atoms with E-state index in [2.05, 4.69) is 47.4 Å². The zero-order chi connectivity index (χ0) is 16.8. The van der Waals surface area contributed by atoms with E-state index in [1.807, 2.05) is 30.3 Å². The Morgan fingerprint density at radius 3 is 2.54 bits per heavy atom. The Kier molecular flexibility index (Phi) is 5.02. The molecule has 24 heavy (non-hydrogen) atoms. The number of hydrogen-bond donors (Lipinski definition) is 1. The normalized spacial score (nSPS) is 11.5. The Hall–Kier alpha value is -2.94. The molecule has 0 saturated carbocycles. The lowest BCUT2D eigenvalue weighted by molar-refractivity contribution is 0.319. The Labute approximate surface area is 142 Å². The molecule has 3 aromatic rings. The predicted octanol–water partition coefficient (Wildman–Crippen LogP) is 4.40. The molecule has 0 saturated heterocycles. The van der Waals surface area contributed by atoms with E-state index >= 15 is 0 Å². The second-order valence-corrected chi connectivity index (χ2v) is 5.84. The van der Waals surface area contributed by atoms with Gasteiger partial charge in [0.25, 0.3) is 0 Å². The lowest BCUT2D eigenvalue weighted by Crippen LogP contribution is -2.09. The van der Waals surface area contributed by atoms with Crippen molar-refractivity contribution in [1.82, 2.24) is 4.98 Å². The molecule has 0 atom stereocenters. The Bertz CT molecular complexity index is 827. The molecule has 120 valence electrons. The van der Waals surface area contributed by atoms with Gasteiger partial charge in [0.2, 0.25) is 0 Å². The molecule has 0 bridgehead atoms. The molecule has 0 aliphatic rings. The maximum atomic E-state index is 9.57. The first-order valence-corrected chi connectivity index (χ1v) is 8.04. The van der Waals surface area contributed by atoms with E-state index in [0.29, 0.717) is 5.71 Å². The van der Waals surface area contributed by atoms with Gasteiger partial charge in [-0.25, -0.2) is 0 Å². The topological polar surface area (TPSA) is 45.5 Å². The fraction of sp³-hybridized carbons (Fsp3) is 0.143. The average Bonchev–Trinajstić information content (AvgIpc) is 2.64. The zero-order valence-electron chi connectivity index (χ0n) is 13.7. The summed E-state index contributed by atoms with van der Waals surface area (Å²) in [5, 5.41) is 13.1. The van der Waals surface area contributed by atoms with Crippen LogP contribution in [0.4, 0.5) is 0 Å². The molecule has 1 aromatic heterocycles. The van der Waals surface area contributed by atoms with E-state index in [4.69, 9.17) is 0 Å². The van der Waals surface area contributed by atoms with Gasteiger partial charge in [-0.15, -0.1) is 0 Å². The molecule has 0 radical (unpaired) electrons. The van der Waals surface area contributed by atoms with Gasteiger partial charge in [-0.1, -0.05) is 59.3 Å². The van der Waals surface area contributed by atoms with Crippen LogP contribution < -0.4 is 0 Å². The summed E-state index contributed by atoms with van der Waals surface area (Å²) < 4.78 is 0. The molecule has 3 rings (SSSR count). The molecule has 0 aliphatic heterocycles. The fourth-order valence-electron chi connectivity index (χ4n) is 2.85. The van der Waals surface area contributed by atoms with Crippen LogP contribution in [0.25, 0.3) is 0 Å². The number of rotatable bonds is 5. The summed E-state index contributed by atoms with van der Waals surface area (Å²) in [4.78, 5) is 4.13. The van der Waals surface area contributed by atoms with E-state index in [1.165, 1.54) is 16.7 Å². The van der Waals surface area contributed by atoms with E-state index in [0.717, 1.165) is 24.0 Å². The SMILES string of the molecule is Cc1ccc(C(=NO)c2cccnc2)c(CCc2ccccc2)c1. The number of oxime groups is 1. The number of pyridine rings is 1. The average molecular weight is 316 g/mol. The molecule has 0 amide bonds. The third-order valence-corrected chi connectivity index (χ3v) is 4.08. The van der Waals surface area contributed by atoms with Crippen LogP contribution in [0.2, 0.25) is 0 Å². The van der Waals surface area contributed by atoms with Crippen LogP contribution in [0.3, 0.4) is 0 Å². The van der Waals surface area contributed by atoms with Gasteiger partial charge in [-0.3, -0.25) is 4.98 Å². The first-order valence-electron chi connectivity index (χ1n) is 8.04. The number of aryl methyl sites for hydroxylation is 3. The standard InChI is InChI=1S/C21H20N2O/c1-16-9-12-20(21(23-24)19-8-5-13-22-15-19)18(14-16)11-10-17-6-3-2-4-7-17/h2-9,12-15,24H,10-11H2,1H3. The summed E-state index contributed by atoms with van der Waals surface area (Å²) in [6.45, 7) is 2.08. The minimum absolute atomic E-state index is 0.561. The summed E-state index contributed by atoms with van der Waals surface area (Å²) in [6, 6.07) is 20.4. The lowest BCUT2D eigenvalue weighted by Gasteiger charge is -2.12.